The second-order valence-corrected chi connectivity index (χ2v) is 6.35. The van der Waals surface area contributed by atoms with Gasteiger partial charge in [0.15, 0.2) is 0 Å². The van der Waals surface area contributed by atoms with Crippen LogP contribution in [-0.4, -0.2) is 7.05 Å². The van der Waals surface area contributed by atoms with E-state index in [9.17, 15) is 0 Å². The summed E-state index contributed by atoms with van der Waals surface area (Å²) in [6.07, 6.45) is 3.40. The van der Waals surface area contributed by atoms with Crippen molar-refractivity contribution < 1.29 is 0 Å². The van der Waals surface area contributed by atoms with Crippen molar-refractivity contribution in [3.05, 3.63) is 34.9 Å². The monoisotopic (exact) mass is 247 g/mol. The van der Waals surface area contributed by atoms with Crippen LogP contribution in [0.3, 0.4) is 0 Å². The summed E-state index contributed by atoms with van der Waals surface area (Å²) < 4.78 is 0. The van der Waals surface area contributed by atoms with Crippen LogP contribution in [0.1, 0.15) is 63.8 Å². The summed E-state index contributed by atoms with van der Waals surface area (Å²) in [4.78, 5) is 0. The van der Waals surface area contributed by atoms with Crippen LogP contribution < -0.4 is 5.32 Å². The van der Waals surface area contributed by atoms with Crippen LogP contribution in [-0.2, 0) is 12.8 Å². The Bertz CT molecular complexity index is 374. The molecule has 1 N–H and O–H groups in total. The molecule has 1 heteroatoms. The Labute approximate surface area is 113 Å². The molecule has 1 aromatic carbocycles. The molecule has 0 heterocycles. The van der Waals surface area contributed by atoms with Gasteiger partial charge in [0.05, 0.1) is 0 Å². The first-order valence-electron chi connectivity index (χ1n) is 7.20. The second kappa shape index (κ2) is 6.38. The minimum atomic E-state index is 0.348. The van der Waals surface area contributed by atoms with Crippen molar-refractivity contribution >= 4 is 0 Å². The van der Waals surface area contributed by atoms with E-state index in [2.05, 4.69) is 65.2 Å². The molecule has 0 aromatic heterocycles. The molecule has 0 saturated carbocycles. The Morgan fingerprint density at radius 3 is 2.22 bits per heavy atom. The molecule has 0 fully saturated rings. The molecule has 1 rings (SSSR count). The Hall–Kier alpha value is -0.820. The van der Waals surface area contributed by atoms with E-state index in [0.29, 0.717) is 11.5 Å². The second-order valence-electron chi connectivity index (χ2n) is 6.35. The third-order valence-electron chi connectivity index (χ3n) is 3.54. The maximum Gasteiger partial charge on any atom is 0.0325 e. The summed E-state index contributed by atoms with van der Waals surface area (Å²) in [5.41, 5.74) is 4.77. The molecule has 1 nitrogen and oxygen atoms in total. The molecule has 0 aliphatic rings. The smallest absolute Gasteiger partial charge is 0.0325 e. The molecule has 0 radical (unpaired) electrons. The van der Waals surface area contributed by atoms with E-state index in [-0.39, 0.29) is 0 Å². The van der Waals surface area contributed by atoms with Crippen LogP contribution in [0.4, 0.5) is 0 Å². The Morgan fingerprint density at radius 2 is 1.78 bits per heavy atom. The molecule has 0 aliphatic heterocycles. The van der Waals surface area contributed by atoms with Crippen molar-refractivity contribution in [1.29, 1.82) is 0 Å². The van der Waals surface area contributed by atoms with E-state index < -0.39 is 0 Å². The third kappa shape index (κ3) is 4.13. The lowest BCUT2D eigenvalue weighted by Crippen LogP contribution is -2.23. The summed E-state index contributed by atoms with van der Waals surface area (Å²) in [5, 5.41) is 3.50. The van der Waals surface area contributed by atoms with Gasteiger partial charge in [-0.05, 0) is 48.4 Å². The van der Waals surface area contributed by atoms with Gasteiger partial charge in [-0.3, -0.25) is 0 Å². The van der Waals surface area contributed by atoms with Crippen LogP contribution in [0.5, 0.6) is 0 Å². The fraction of sp³-hybridized carbons (Fsp3) is 0.647. The molecule has 1 aromatic rings. The maximum atomic E-state index is 3.50. The fourth-order valence-electron chi connectivity index (χ4n) is 2.49. The number of nitrogens with one attached hydrogen (secondary N) is 1. The molecular weight excluding hydrogens is 218 g/mol. The van der Waals surface area contributed by atoms with Crippen molar-refractivity contribution in [2.45, 2.75) is 59.9 Å². The largest absolute Gasteiger partial charge is 0.313 e. The SMILES string of the molecule is CCc1ccc(CC)c(C(CC(C)(C)C)NC)c1. The number of rotatable bonds is 5. The number of hydrogen-bond acceptors (Lipinski definition) is 1. The van der Waals surface area contributed by atoms with E-state index in [1.54, 1.807) is 0 Å². The van der Waals surface area contributed by atoms with Gasteiger partial charge in [-0.25, -0.2) is 0 Å². The summed E-state index contributed by atoms with van der Waals surface area (Å²) in [7, 11) is 2.08. The molecule has 0 bridgehead atoms. The average Bonchev–Trinajstić information content (AvgIpc) is 2.34. The average molecular weight is 247 g/mol. The molecular formula is C17H29N. The van der Waals surface area contributed by atoms with Crippen molar-refractivity contribution in [1.82, 2.24) is 5.32 Å². The molecule has 0 amide bonds. The first-order chi connectivity index (χ1) is 8.41. The highest BCUT2D eigenvalue weighted by Crippen LogP contribution is 2.31. The Balaban J connectivity index is 3.09. The summed E-state index contributed by atoms with van der Waals surface area (Å²) in [5.74, 6) is 0. The Morgan fingerprint density at radius 1 is 1.11 bits per heavy atom. The normalized spacial score (nSPS) is 13.7. The molecule has 1 unspecified atom stereocenters. The van der Waals surface area contributed by atoms with Crippen LogP contribution in [0.25, 0.3) is 0 Å². The lowest BCUT2D eigenvalue weighted by molar-refractivity contribution is 0.320. The first-order valence-corrected chi connectivity index (χ1v) is 7.20. The standard InChI is InChI=1S/C17H29N/c1-7-13-9-10-14(8-2)15(11-13)16(18-6)12-17(3,4)5/h9-11,16,18H,7-8,12H2,1-6H3. The molecule has 18 heavy (non-hydrogen) atoms. The predicted molar refractivity (Wildman–Crippen MR) is 81.1 cm³/mol. The van der Waals surface area contributed by atoms with Crippen LogP contribution in [0, 0.1) is 5.41 Å². The van der Waals surface area contributed by atoms with Crippen molar-refractivity contribution in [3.8, 4) is 0 Å². The summed E-state index contributed by atoms with van der Waals surface area (Å²) in [6, 6.07) is 7.44. The van der Waals surface area contributed by atoms with Crippen LogP contribution >= 0.6 is 0 Å². The topological polar surface area (TPSA) is 12.0 Å². The summed E-state index contributed by atoms with van der Waals surface area (Å²) in [6.45, 7) is 11.4. The van der Waals surface area contributed by atoms with Crippen LogP contribution in [0.2, 0.25) is 0 Å². The minimum Gasteiger partial charge on any atom is -0.313 e. The van der Waals surface area contributed by atoms with Gasteiger partial charge in [0.1, 0.15) is 0 Å². The van der Waals surface area contributed by atoms with Gasteiger partial charge >= 0.3 is 0 Å². The maximum absolute atomic E-state index is 3.50. The molecule has 0 saturated heterocycles. The number of benzene rings is 1. The van der Waals surface area contributed by atoms with Crippen molar-refractivity contribution in [2.24, 2.45) is 5.41 Å². The zero-order valence-electron chi connectivity index (χ0n) is 12.9. The van der Waals surface area contributed by atoms with Gasteiger partial charge in [0.2, 0.25) is 0 Å². The van der Waals surface area contributed by atoms with Crippen molar-refractivity contribution in [3.63, 3.8) is 0 Å². The highest BCUT2D eigenvalue weighted by atomic mass is 14.9. The quantitative estimate of drug-likeness (QED) is 0.807. The van der Waals surface area contributed by atoms with Crippen molar-refractivity contribution in [2.75, 3.05) is 7.05 Å². The van der Waals surface area contributed by atoms with E-state index >= 15 is 0 Å². The zero-order valence-corrected chi connectivity index (χ0v) is 12.9. The number of hydrogen-bond donors (Lipinski definition) is 1. The molecule has 1 atom stereocenters. The minimum absolute atomic E-state index is 0.348. The fourth-order valence-corrected chi connectivity index (χ4v) is 2.49. The molecule has 0 spiro atoms. The lowest BCUT2D eigenvalue weighted by atomic mass is 9.83. The van der Waals surface area contributed by atoms with Gasteiger partial charge in [0.25, 0.3) is 0 Å². The van der Waals surface area contributed by atoms with Gasteiger partial charge in [-0.15, -0.1) is 0 Å². The van der Waals surface area contributed by atoms with Crippen LogP contribution in [0.15, 0.2) is 18.2 Å². The van der Waals surface area contributed by atoms with Gasteiger partial charge in [-0.1, -0.05) is 52.8 Å². The van der Waals surface area contributed by atoms with Gasteiger partial charge < -0.3 is 5.32 Å². The van der Waals surface area contributed by atoms with E-state index in [1.165, 1.54) is 23.1 Å². The first kappa shape index (κ1) is 15.2. The predicted octanol–water partition coefficient (Wildman–Crippen LogP) is 4.51. The molecule has 0 aliphatic carbocycles. The Kier molecular flexibility index (Phi) is 5.40. The number of aryl methyl sites for hydroxylation is 2. The highest BCUT2D eigenvalue weighted by Gasteiger charge is 2.20. The van der Waals surface area contributed by atoms with Gasteiger partial charge in [-0.2, -0.15) is 0 Å². The van der Waals surface area contributed by atoms with E-state index in [4.69, 9.17) is 0 Å². The zero-order chi connectivity index (χ0) is 13.8. The summed E-state index contributed by atoms with van der Waals surface area (Å²) >= 11 is 0. The molecule has 102 valence electrons. The third-order valence-corrected chi connectivity index (χ3v) is 3.54. The lowest BCUT2D eigenvalue weighted by Gasteiger charge is -2.28. The van der Waals surface area contributed by atoms with E-state index in [1.807, 2.05) is 0 Å². The van der Waals surface area contributed by atoms with Gasteiger partial charge in [0, 0.05) is 6.04 Å². The van der Waals surface area contributed by atoms with E-state index in [0.717, 1.165) is 12.8 Å². The highest BCUT2D eigenvalue weighted by molar-refractivity contribution is 5.34.